The highest BCUT2D eigenvalue weighted by atomic mass is 15.3. The van der Waals surface area contributed by atoms with Crippen molar-refractivity contribution in [2.75, 3.05) is 18.8 Å². The third kappa shape index (κ3) is 2.30. The summed E-state index contributed by atoms with van der Waals surface area (Å²) in [5, 5.41) is 4.57. The van der Waals surface area contributed by atoms with Gasteiger partial charge in [-0.25, -0.2) is 9.50 Å². The minimum absolute atomic E-state index is 0.467. The van der Waals surface area contributed by atoms with Crippen molar-refractivity contribution in [2.24, 2.45) is 0 Å². The van der Waals surface area contributed by atoms with Gasteiger partial charge in [0.05, 0.1) is 5.69 Å². The van der Waals surface area contributed by atoms with Crippen LogP contribution in [0.5, 0.6) is 0 Å². The van der Waals surface area contributed by atoms with Crippen LogP contribution in [-0.2, 0) is 0 Å². The largest absolute Gasteiger partial charge is 0.396 e. The van der Waals surface area contributed by atoms with Crippen molar-refractivity contribution in [1.29, 1.82) is 0 Å². The first-order valence-corrected chi connectivity index (χ1v) is 7.00. The molecule has 19 heavy (non-hydrogen) atoms. The molecule has 5 nitrogen and oxygen atoms in total. The van der Waals surface area contributed by atoms with Gasteiger partial charge in [-0.3, -0.25) is 0 Å². The first-order chi connectivity index (χ1) is 9.15. The number of pyridine rings is 1. The van der Waals surface area contributed by atoms with Gasteiger partial charge in [0.2, 0.25) is 0 Å². The Morgan fingerprint density at radius 2 is 2.05 bits per heavy atom. The fraction of sp³-hybridized carbons (Fsp3) is 0.571. The van der Waals surface area contributed by atoms with Gasteiger partial charge in [0.15, 0.2) is 11.5 Å². The molecule has 1 saturated heterocycles. The van der Waals surface area contributed by atoms with E-state index in [9.17, 15) is 0 Å². The Morgan fingerprint density at radius 3 is 2.68 bits per heavy atom. The van der Waals surface area contributed by atoms with Crippen molar-refractivity contribution in [3.8, 4) is 0 Å². The maximum absolute atomic E-state index is 5.93. The summed E-state index contributed by atoms with van der Waals surface area (Å²) in [6.07, 6.45) is 4.18. The maximum atomic E-state index is 5.93. The predicted octanol–water partition coefficient (Wildman–Crippen LogP) is 1.90. The quantitative estimate of drug-likeness (QED) is 0.895. The van der Waals surface area contributed by atoms with E-state index in [0.717, 1.165) is 37.4 Å². The first-order valence-electron chi connectivity index (χ1n) is 7.00. The van der Waals surface area contributed by atoms with Crippen molar-refractivity contribution in [3.63, 3.8) is 0 Å². The van der Waals surface area contributed by atoms with Gasteiger partial charge < -0.3 is 10.6 Å². The molecule has 0 spiro atoms. The molecule has 102 valence electrons. The van der Waals surface area contributed by atoms with Crippen LogP contribution >= 0.6 is 0 Å². The lowest BCUT2D eigenvalue weighted by Crippen LogP contribution is -2.38. The summed E-state index contributed by atoms with van der Waals surface area (Å²) in [5.74, 6) is 1.41. The van der Waals surface area contributed by atoms with Gasteiger partial charge in [-0.15, -0.1) is 0 Å². The monoisotopic (exact) mass is 259 g/mol. The Bertz CT molecular complexity index is 566. The van der Waals surface area contributed by atoms with E-state index in [1.165, 1.54) is 0 Å². The van der Waals surface area contributed by atoms with Gasteiger partial charge in [-0.2, -0.15) is 5.10 Å². The van der Waals surface area contributed by atoms with Crippen molar-refractivity contribution in [3.05, 3.63) is 24.2 Å². The number of fused-ring (bicyclic) bond motifs is 1. The third-order valence-corrected chi connectivity index (χ3v) is 4.03. The van der Waals surface area contributed by atoms with Crippen molar-refractivity contribution in [2.45, 2.75) is 38.6 Å². The van der Waals surface area contributed by atoms with E-state index in [2.05, 4.69) is 28.8 Å². The zero-order chi connectivity index (χ0) is 13.4. The Kier molecular flexibility index (Phi) is 3.14. The topological polar surface area (TPSA) is 59.5 Å². The second kappa shape index (κ2) is 4.81. The second-order valence-corrected chi connectivity index (χ2v) is 5.61. The van der Waals surface area contributed by atoms with Crippen LogP contribution in [-0.4, -0.2) is 38.6 Å². The average Bonchev–Trinajstić information content (AvgIpc) is 2.84. The molecule has 2 aromatic heterocycles. The summed E-state index contributed by atoms with van der Waals surface area (Å²) >= 11 is 0. The number of aromatic nitrogens is 3. The molecule has 0 aromatic carbocycles. The van der Waals surface area contributed by atoms with Crippen LogP contribution in [0.2, 0.25) is 0 Å². The summed E-state index contributed by atoms with van der Waals surface area (Å²) in [6.45, 7) is 6.77. The molecule has 5 heteroatoms. The lowest BCUT2D eigenvalue weighted by atomic mass is 9.95. The normalized spacial score (nSPS) is 18.5. The fourth-order valence-corrected chi connectivity index (χ4v) is 2.79. The first kappa shape index (κ1) is 12.4. The van der Waals surface area contributed by atoms with E-state index in [1.807, 2.05) is 18.3 Å². The molecule has 0 saturated carbocycles. The molecule has 3 rings (SSSR count). The zero-order valence-corrected chi connectivity index (χ0v) is 11.6. The minimum atomic E-state index is 0.467. The number of nitrogen functional groups attached to an aromatic ring is 1. The molecule has 0 bridgehead atoms. The lowest BCUT2D eigenvalue weighted by Gasteiger charge is -2.33. The van der Waals surface area contributed by atoms with E-state index < -0.39 is 0 Å². The van der Waals surface area contributed by atoms with E-state index in [1.54, 1.807) is 4.52 Å². The molecule has 1 aliphatic heterocycles. The van der Waals surface area contributed by atoms with Crippen LogP contribution in [0.4, 0.5) is 5.69 Å². The maximum Gasteiger partial charge on any atom is 0.178 e. The summed E-state index contributed by atoms with van der Waals surface area (Å²) in [4.78, 5) is 7.13. The lowest BCUT2D eigenvalue weighted by molar-refractivity contribution is 0.169. The number of anilines is 1. The molecule has 2 N–H and O–H groups in total. The number of nitrogens with zero attached hydrogens (tertiary/aromatic N) is 4. The molecular weight excluding hydrogens is 238 g/mol. The second-order valence-electron chi connectivity index (χ2n) is 5.61. The Labute approximate surface area is 113 Å². The molecule has 1 fully saturated rings. The van der Waals surface area contributed by atoms with Crippen molar-refractivity contribution in [1.82, 2.24) is 19.5 Å². The number of likely N-dealkylation sites (tertiary alicyclic amines) is 1. The Morgan fingerprint density at radius 1 is 1.32 bits per heavy atom. The molecule has 2 aromatic rings. The van der Waals surface area contributed by atoms with Gasteiger partial charge in [-0.05, 0) is 51.9 Å². The van der Waals surface area contributed by atoms with Crippen LogP contribution in [0.25, 0.3) is 5.65 Å². The predicted molar refractivity (Wildman–Crippen MR) is 76.1 cm³/mol. The average molecular weight is 259 g/mol. The van der Waals surface area contributed by atoms with Gasteiger partial charge in [-0.1, -0.05) is 0 Å². The highest BCUT2D eigenvalue weighted by Crippen LogP contribution is 2.27. The summed E-state index contributed by atoms with van der Waals surface area (Å²) in [7, 11) is 0. The SMILES string of the molecule is CC(C)N1CCC(c2nc3c(N)cccn3n2)CC1. The molecule has 0 atom stereocenters. The zero-order valence-electron chi connectivity index (χ0n) is 11.6. The number of hydrogen-bond acceptors (Lipinski definition) is 4. The number of piperidine rings is 1. The van der Waals surface area contributed by atoms with E-state index >= 15 is 0 Å². The summed E-state index contributed by atoms with van der Waals surface area (Å²) in [6, 6.07) is 4.41. The molecule has 3 heterocycles. The Balaban J connectivity index is 1.80. The van der Waals surface area contributed by atoms with Crippen LogP contribution in [0.1, 0.15) is 38.4 Å². The van der Waals surface area contributed by atoms with Gasteiger partial charge >= 0.3 is 0 Å². The highest BCUT2D eigenvalue weighted by molar-refractivity contribution is 5.63. The van der Waals surface area contributed by atoms with E-state index in [4.69, 9.17) is 5.73 Å². The molecular formula is C14H21N5. The highest BCUT2D eigenvalue weighted by Gasteiger charge is 2.25. The summed E-state index contributed by atoms with van der Waals surface area (Å²) in [5.41, 5.74) is 7.41. The smallest absolute Gasteiger partial charge is 0.178 e. The third-order valence-electron chi connectivity index (χ3n) is 4.03. The van der Waals surface area contributed by atoms with Gasteiger partial charge in [0.1, 0.15) is 0 Å². The van der Waals surface area contributed by atoms with Crippen molar-refractivity contribution < 1.29 is 0 Å². The van der Waals surface area contributed by atoms with Gasteiger partial charge in [0.25, 0.3) is 0 Å². The van der Waals surface area contributed by atoms with Crippen molar-refractivity contribution >= 4 is 11.3 Å². The molecule has 0 radical (unpaired) electrons. The van der Waals surface area contributed by atoms with Crippen LogP contribution in [0.3, 0.4) is 0 Å². The summed E-state index contributed by atoms with van der Waals surface area (Å²) < 4.78 is 1.79. The fourth-order valence-electron chi connectivity index (χ4n) is 2.79. The van der Waals surface area contributed by atoms with Crippen LogP contribution in [0, 0.1) is 0 Å². The number of nitrogens with two attached hydrogens (primary N) is 1. The van der Waals surface area contributed by atoms with E-state index in [-0.39, 0.29) is 0 Å². The van der Waals surface area contributed by atoms with E-state index in [0.29, 0.717) is 17.6 Å². The standard InChI is InChI=1S/C14H21N5/c1-10(2)18-8-5-11(6-9-18)13-16-14-12(15)4-3-7-19(14)17-13/h3-4,7,10-11H,5-6,8-9,15H2,1-2H3. The Hall–Kier alpha value is -1.62. The molecule has 0 unspecified atom stereocenters. The van der Waals surface area contributed by atoms with Crippen LogP contribution < -0.4 is 5.73 Å². The minimum Gasteiger partial charge on any atom is -0.396 e. The van der Waals surface area contributed by atoms with Crippen LogP contribution in [0.15, 0.2) is 18.3 Å². The van der Waals surface area contributed by atoms with Gasteiger partial charge in [0, 0.05) is 18.2 Å². The number of hydrogen-bond donors (Lipinski definition) is 1. The molecule has 1 aliphatic rings. The molecule has 0 aliphatic carbocycles. The number of rotatable bonds is 2. The molecule has 0 amide bonds.